The average molecular weight is 543 g/mol. The Kier molecular flexibility index (Phi) is 7.16. The summed E-state index contributed by atoms with van der Waals surface area (Å²) in [5.74, 6) is -0.983. The number of hydrogen-bond donors (Lipinski definition) is 4. The highest BCUT2D eigenvalue weighted by Crippen LogP contribution is 2.74. The molecule has 11 atom stereocenters. The van der Waals surface area contributed by atoms with E-state index in [1.165, 1.54) is 18.1 Å². The topological polar surface area (TPSA) is 136 Å². The molecule has 5 saturated carbocycles. The Morgan fingerprint density at radius 1 is 1.00 bits per heavy atom. The molecule has 39 heavy (non-hydrogen) atoms. The highest BCUT2D eigenvalue weighted by molar-refractivity contribution is 5.89. The molecule has 0 radical (unpaired) electrons. The van der Waals surface area contributed by atoms with Gasteiger partial charge >= 0.3 is 11.9 Å². The first-order valence-corrected chi connectivity index (χ1v) is 15.1. The molecule has 5 aliphatic rings. The summed E-state index contributed by atoms with van der Waals surface area (Å²) in [4.78, 5) is 25.4. The van der Waals surface area contributed by atoms with Crippen LogP contribution in [0.25, 0.3) is 0 Å². The van der Waals surface area contributed by atoms with Gasteiger partial charge in [-0.2, -0.15) is 0 Å². The molecule has 5 aliphatic carbocycles. The smallest absolute Gasteiger partial charge is 0.331 e. The summed E-state index contributed by atoms with van der Waals surface area (Å²) >= 11 is 0. The zero-order chi connectivity index (χ0) is 28.7. The fourth-order valence-electron chi connectivity index (χ4n) is 10.7. The predicted octanol–water partition coefficient (Wildman–Crippen LogP) is 4.71. The van der Waals surface area contributed by atoms with Crippen LogP contribution in [0, 0.1) is 39.9 Å². The summed E-state index contributed by atoms with van der Waals surface area (Å²) < 4.78 is 6.00. The molecule has 0 amide bonds. The fraction of sp³-hybridized carbons (Fsp3) is 0.812. The van der Waals surface area contributed by atoms with Gasteiger partial charge < -0.3 is 26.4 Å². The van der Waals surface area contributed by atoms with Gasteiger partial charge in [-0.1, -0.05) is 31.9 Å². The van der Waals surface area contributed by atoms with Crippen molar-refractivity contribution < 1.29 is 24.5 Å². The molecule has 7 heteroatoms. The Labute approximate surface area is 233 Å². The minimum atomic E-state index is -0.895. The van der Waals surface area contributed by atoms with Crippen molar-refractivity contribution in [3.63, 3.8) is 0 Å². The summed E-state index contributed by atoms with van der Waals surface area (Å²) in [6.45, 7) is 12.7. The van der Waals surface area contributed by atoms with Gasteiger partial charge in [-0.3, -0.25) is 4.79 Å². The van der Waals surface area contributed by atoms with Gasteiger partial charge in [0, 0.05) is 30.5 Å². The molecule has 0 heterocycles. The van der Waals surface area contributed by atoms with Gasteiger partial charge in [0.05, 0.1) is 6.10 Å². The van der Waals surface area contributed by atoms with Gasteiger partial charge in [0.15, 0.2) is 0 Å². The quantitative estimate of drug-likeness (QED) is 0.230. The Bertz CT molecular complexity index is 1110. The molecule has 0 aromatic heterocycles. The number of nitrogens with two attached hydrogens (primary N) is 2. The maximum Gasteiger partial charge on any atom is 0.331 e. The summed E-state index contributed by atoms with van der Waals surface area (Å²) in [7, 11) is 0. The van der Waals surface area contributed by atoms with Crippen LogP contribution in [0.2, 0.25) is 0 Å². The van der Waals surface area contributed by atoms with E-state index in [1.54, 1.807) is 0 Å². The highest BCUT2D eigenvalue weighted by Gasteiger charge is 2.70. The number of hydrogen-bond acceptors (Lipinski definition) is 6. The largest absolute Gasteiger partial charge is 0.478 e. The van der Waals surface area contributed by atoms with Crippen molar-refractivity contribution in [1.29, 1.82) is 0 Å². The number of ether oxygens (including phenoxy) is 1. The van der Waals surface area contributed by atoms with Crippen LogP contribution in [0.4, 0.5) is 0 Å². The SMILES string of the molecule is CC(=O)O[C@H]1C[C@@]2(C)[C@H](/C1=C(/C(=O)O)C1CCC(=C(C)C)C1)[C@H](N)C[C@H]1[C@@]3(C)CC[C@@H](O)[C@@H](N)[C@@H]3CC[C@@]12C. The molecule has 0 spiro atoms. The van der Waals surface area contributed by atoms with Crippen LogP contribution in [-0.4, -0.2) is 46.4 Å². The van der Waals surface area contributed by atoms with E-state index in [1.807, 2.05) is 0 Å². The van der Waals surface area contributed by atoms with E-state index in [9.17, 15) is 19.8 Å². The van der Waals surface area contributed by atoms with Gasteiger partial charge in [-0.05, 0) is 111 Å². The van der Waals surface area contributed by atoms with Crippen molar-refractivity contribution in [1.82, 2.24) is 0 Å². The van der Waals surface area contributed by atoms with Crippen LogP contribution >= 0.6 is 0 Å². The van der Waals surface area contributed by atoms with E-state index < -0.39 is 18.2 Å². The number of fused-ring (bicyclic) bond motifs is 5. The molecule has 218 valence electrons. The van der Waals surface area contributed by atoms with E-state index in [0.29, 0.717) is 24.3 Å². The molecular weight excluding hydrogens is 492 g/mol. The standard InChI is InChI=1S/C32H50N2O5/c1-16(2)18-7-8-19(13-18)25(29(37)38)26-23(39-17(3)35)15-32(6)27(26)21(33)14-24-30(4)11-10-22(36)28(34)20(30)9-12-31(24,32)5/h19-24,27-28,36H,7-15,33-34H2,1-6H3,(H,37,38)/b26-25+/t19?,20-,21+,22+,23-,24-,27-,28-,30-,31-,32-/m0/s1. The van der Waals surface area contributed by atoms with E-state index in [4.69, 9.17) is 16.2 Å². The van der Waals surface area contributed by atoms with Gasteiger partial charge in [-0.15, -0.1) is 0 Å². The van der Waals surface area contributed by atoms with Crippen LogP contribution in [0.1, 0.15) is 99.3 Å². The number of aliphatic hydroxyl groups is 1. The zero-order valence-corrected chi connectivity index (χ0v) is 24.8. The molecule has 5 fully saturated rings. The lowest BCUT2D eigenvalue weighted by molar-refractivity contribution is -0.193. The van der Waals surface area contributed by atoms with Crippen molar-refractivity contribution >= 4 is 11.9 Å². The van der Waals surface area contributed by atoms with Crippen LogP contribution < -0.4 is 11.5 Å². The molecular formula is C32H50N2O5. The Balaban J connectivity index is 1.64. The fourth-order valence-corrected chi connectivity index (χ4v) is 10.7. The van der Waals surface area contributed by atoms with E-state index in [0.717, 1.165) is 50.5 Å². The predicted molar refractivity (Wildman–Crippen MR) is 150 cm³/mol. The molecule has 6 N–H and O–H groups in total. The second-order valence-electron chi connectivity index (χ2n) is 14.6. The second kappa shape index (κ2) is 9.70. The Morgan fingerprint density at radius 3 is 2.28 bits per heavy atom. The zero-order valence-electron chi connectivity index (χ0n) is 24.8. The molecule has 0 bridgehead atoms. The molecule has 0 aromatic carbocycles. The molecule has 5 rings (SSSR count). The van der Waals surface area contributed by atoms with Gasteiger partial charge in [-0.25, -0.2) is 4.79 Å². The van der Waals surface area contributed by atoms with Crippen LogP contribution in [0.15, 0.2) is 22.3 Å². The molecule has 0 saturated heterocycles. The van der Waals surface area contributed by atoms with Crippen LogP contribution in [0.5, 0.6) is 0 Å². The maximum atomic E-state index is 13.0. The monoisotopic (exact) mass is 542 g/mol. The number of carboxylic acids is 1. The molecule has 0 aliphatic heterocycles. The number of aliphatic hydroxyl groups excluding tert-OH is 1. The van der Waals surface area contributed by atoms with Crippen molar-refractivity contribution in [2.24, 2.45) is 51.4 Å². The molecule has 1 unspecified atom stereocenters. The summed E-state index contributed by atoms with van der Waals surface area (Å²) in [6.07, 6.45) is 6.34. The number of carbonyl (C=O) groups excluding carboxylic acids is 1. The highest BCUT2D eigenvalue weighted by atomic mass is 16.5. The number of rotatable bonds is 3. The Hall–Kier alpha value is -1.70. The van der Waals surface area contributed by atoms with Gasteiger partial charge in [0.25, 0.3) is 0 Å². The lowest BCUT2D eigenvalue weighted by Gasteiger charge is -2.68. The molecule has 0 aromatic rings. The number of carbonyl (C=O) groups is 2. The van der Waals surface area contributed by atoms with E-state index >= 15 is 0 Å². The van der Waals surface area contributed by atoms with E-state index in [2.05, 4.69) is 34.6 Å². The van der Waals surface area contributed by atoms with Gasteiger partial charge in [0.1, 0.15) is 6.10 Å². The average Bonchev–Trinajstić information content (AvgIpc) is 3.43. The number of esters is 1. The molecule has 7 nitrogen and oxygen atoms in total. The summed E-state index contributed by atoms with van der Waals surface area (Å²) in [5.41, 5.74) is 17.1. The number of carboxylic acid groups (broad SMARTS) is 1. The van der Waals surface area contributed by atoms with Crippen molar-refractivity contribution in [3.8, 4) is 0 Å². The third kappa shape index (κ3) is 4.16. The van der Waals surface area contributed by atoms with Crippen molar-refractivity contribution in [2.75, 3.05) is 0 Å². The van der Waals surface area contributed by atoms with Crippen molar-refractivity contribution in [3.05, 3.63) is 22.3 Å². The second-order valence-corrected chi connectivity index (χ2v) is 14.6. The van der Waals surface area contributed by atoms with Crippen LogP contribution in [-0.2, 0) is 14.3 Å². The minimum Gasteiger partial charge on any atom is -0.478 e. The normalized spacial score (nSPS) is 48.6. The van der Waals surface area contributed by atoms with E-state index in [-0.39, 0.29) is 52.1 Å². The third-order valence-electron chi connectivity index (χ3n) is 12.7. The first kappa shape index (κ1) is 28.8. The summed E-state index contributed by atoms with van der Waals surface area (Å²) in [6, 6.07) is -0.464. The maximum absolute atomic E-state index is 13.0. The lowest BCUT2D eigenvalue weighted by Crippen LogP contribution is -2.67. The lowest BCUT2D eigenvalue weighted by atomic mass is 9.37. The first-order valence-electron chi connectivity index (χ1n) is 15.1. The number of allylic oxidation sites excluding steroid dienone is 2. The number of aliphatic carboxylic acids is 1. The van der Waals surface area contributed by atoms with Crippen LogP contribution in [0.3, 0.4) is 0 Å². The third-order valence-corrected chi connectivity index (χ3v) is 12.7. The summed E-state index contributed by atoms with van der Waals surface area (Å²) in [5, 5.41) is 21.3. The minimum absolute atomic E-state index is 0.0416. The van der Waals surface area contributed by atoms with Crippen molar-refractivity contribution in [2.45, 2.75) is 124 Å². The van der Waals surface area contributed by atoms with Gasteiger partial charge in [0.2, 0.25) is 0 Å². The first-order chi connectivity index (χ1) is 18.2. The Morgan fingerprint density at radius 2 is 1.69 bits per heavy atom.